The quantitative estimate of drug-likeness (QED) is 0.0560. The average Bonchev–Trinajstić information content (AvgIpc) is 2.99. The fourth-order valence-electron chi connectivity index (χ4n) is 5.75. The first-order valence-corrected chi connectivity index (χ1v) is 19.5. The predicted molar refractivity (Wildman–Crippen MR) is 207 cm³/mol. The van der Waals surface area contributed by atoms with E-state index in [0.29, 0.717) is 11.8 Å². The number of hydrogen-bond acceptors (Lipinski definition) is 2. The largest absolute Gasteiger partial charge is 0.360 e. The van der Waals surface area contributed by atoms with Gasteiger partial charge >= 0.3 is 0 Å². The van der Waals surface area contributed by atoms with E-state index in [1.165, 1.54) is 56.1 Å². The second-order valence-corrected chi connectivity index (χ2v) is 14.0. The molecular weight excluding hydrogens is 567 g/mol. The summed E-state index contributed by atoms with van der Waals surface area (Å²) in [5.41, 5.74) is 9.25. The number of carbonyl (C=O) groups excluding carboxylic acids is 1. The summed E-state index contributed by atoms with van der Waals surface area (Å²) in [5.74, 6) is 2.44. The lowest BCUT2D eigenvalue weighted by atomic mass is 9.92. The fourth-order valence-corrected chi connectivity index (χ4v) is 5.75. The van der Waals surface area contributed by atoms with Crippen LogP contribution < -0.4 is 0 Å². The summed E-state index contributed by atoms with van der Waals surface area (Å²) in [6.07, 6.45) is 10.6. The lowest BCUT2D eigenvalue weighted by molar-refractivity contribution is -0.113. The van der Waals surface area contributed by atoms with Crippen molar-refractivity contribution < 1.29 is 4.79 Å². The van der Waals surface area contributed by atoms with Gasteiger partial charge in [0.25, 0.3) is 0 Å². The first-order chi connectivity index (χ1) is 21.2. The number of aryl methyl sites for hydroxylation is 2. The summed E-state index contributed by atoms with van der Waals surface area (Å²) in [5, 5.41) is 0. The van der Waals surface area contributed by atoms with Gasteiger partial charge in [-0.25, -0.2) is 4.99 Å². The van der Waals surface area contributed by atoms with Gasteiger partial charge in [-0.15, -0.1) is 8.58 Å². The molecule has 4 heteroatoms. The second-order valence-electron chi connectivity index (χ2n) is 13.0. The molecule has 0 aliphatic carbocycles. The summed E-state index contributed by atoms with van der Waals surface area (Å²) >= 11 is 0. The molecule has 0 aromatic heterocycles. The molecule has 0 bridgehead atoms. The Labute approximate surface area is 281 Å². The van der Waals surface area contributed by atoms with Gasteiger partial charge in [-0.3, -0.25) is 4.79 Å². The number of benzene rings is 1. The third kappa shape index (κ3) is 14.8. The summed E-state index contributed by atoms with van der Waals surface area (Å²) < 4.78 is 0. The van der Waals surface area contributed by atoms with Crippen LogP contribution in [-0.4, -0.2) is 42.9 Å². The monoisotopic (exact) mass is 637 g/mol. The Morgan fingerprint density at radius 2 is 1.38 bits per heavy atom. The molecule has 0 N–H and O–H groups in total. The molecule has 2 atom stereocenters. The number of unbranched alkanes of at least 4 members (excludes halogenated alkanes) is 1. The molecule has 0 aliphatic rings. The molecule has 0 heterocycles. The van der Waals surface area contributed by atoms with Crippen LogP contribution >= 0.6 is 8.58 Å². The van der Waals surface area contributed by atoms with E-state index < -0.39 is 0 Å². The Morgan fingerprint density at radius 1 is 0.867 bits per heavy atom. The van der Waals surface area contributed by atoms with Crippen LogP contribution in [0, 0.1) is 25.7 Å². The number of Topliss-reactive ketones (excluding diaryl/α,β-unsaturated/α-hetero) is 1. The molecule has 254 valence electrons. The van der Waals surface area contributed by atoms with E-state index >= 15 is 0 Å². The van der Waals surface area contributed by atoms with Crippen LogP contribution in [0.4, 0.5) is 0 Å². The van der Waals surface area contributed by atoms with E-state index in [9.17, 15) is 4.79 Å². The molecule has 0 aliphatic heterocycles. The van der Waals surface area contributed by atoms with Crippen molar-refractivity contribution >= 4 is 25.9 Å². The van der Waals surface area contributed by atoms with Gasteiger partial charge in [0.05, 0.1) is 5.70 Å². The first kappa shape index (κ1) is 42.8. The minimum atomic E-state index is 0.0581. The van der Waals surface area contributed by atoms with Crippen LogP contribution in [0.3, 0.4) is 0 Å². The number of amidine groups is 1. The fraction of sp³-hybridized carbons (Fsp3) is 0.610. The minimum Gasteiger partial charge on any atom is -0.360 e. The van der Waals surface area contributed by atoms with Crippen LogP contribution in [0.15, 0.2) is 63.7 Å². The molecular formula is C41H69N2OP. The Bertz CT molecular complexity index is 1180. The lowest BCUT2D eigenvalue weighted by Gasteiger charge is -2.32. The van der Waals surface area contributed by atoms with Crippen LogP contribution in [0.25, 0.3) is 5.70 Å². The van der Waals surface area contributed by atoms with Crippen molar-refractivity contribution in [2.24, 2.45) is 16.8 Å². The van der Waals surface area contributed by atoms with E-state index in [1.54, 1.807) is 6.92 Å². The van der Waals surface area contributed by atoms with Crippen molar-refractivity contribution in [2.45, 2.75) is 128 Å². The van der Waals surface area contributed by atoms with Crippen molar-refractivity contribution in [1.82, 2.24) is 4.90 Å². The highest BCUT2D eigenvalue weighted by Gasteiger charge is 2.20. The molecule has 0 fully saturated rings. The van der Waals surface area contributed by atoms with Crippen molar-refractivity contribution in [3.05, 3.63) is 75.4 Å². The molecule has 1 aromatic carbocycles. The molecule has 0 saturated heterocycles. The van der Waals surface area contributed by atoms with Gasteiger partial charge in [-0.2, -0.15) is 0 Å². The smallest absolute Gasteiger partial charge is 0.160 e. The van der Waals surface area contributed by atoms with Gasteiger partial charge in [0, 0.05) is 24.2 Å². The molecule has 1 rings (SSSR count). The summed E-state index contributed by atoms with van der Waals surface area (Å²) in [6, 6.07) is 6.44. The van der Waals surface area contributed by atoms with Crippen LogP contribution in [-0.2, 0) is 4.79 Å². The molecule has 1 aromatic rings. The SMILES string of the molecule is C=C(C)\C(C)=C(C)/C(=C/C(C)=C(/N=C(C)N(CC(CC)CCC)CC(CC)CCCC)c1c(C)cccc1C)C(C)=O.CPC. The van der Waals surface area contributed by atoms with Gasteiger partial charge in [-0.05, 0) is 127 Å². The third-order valence-electron chi connectivity index (χ3n) is 8.94. The average molecular weight is 637 g/mol. The Kier molecular flexibility index (Phi) is 22.0. The maximum absolute atomic E-state index is 12.9. The van der Waals surface area contributed by atoms with Crippen LogP contribution in [0.5, 0.6) is 0 Å². The highest BCUT2D eigenvalue weighted by atomic mass is 31.1. The molecule has 2 unspecified atom stereocenters. The Hall–Kier alpha value is -2.25. The number of ketones is 1. The number of carbonyl (C=O) groups is 1. The highest BCUT2D eigenvalue weighted by molar-refractivity contribution is 7.35. The Morgan fingerprint density at radius 3 is 1.80 bits per heavy atom. The molecule has 3 nitrogen and oxygen atoms in total. The highest BCUT2D eigenvalue weighted by Crippen LogP contribution is 2.31. The molecule has 0 radical (unpaired) electrons. The molecule has 45 heavy (non-hydrogen) atoms. The van der Waals surface area contributed by atoms with E-state index in [1.807, 2.05) is 20.8 Å². The normalized spacial score (nSPS) is 14.5. The van der Waals surface area contributed by atoms with Crippen LogP contribution in [0.1, 0.15) is 131 Å². The van der Waals surface area contributed by atoms with Crippen molar-refractivity contribution in [3.8, 4) is 0 Å². The van der Waals surface area contributed by atoms with Gasteiger partial charge in [0.2, 0.25) is 0 Å². The van der Waals surface area contributed by atoms with Crippen molar-refractivity contribution in [2.75, 3.05) is 26.4 Å². The van der Waals surface area contributed by atoms with Crippen LogP contribution in [0.2, 0.25) is 0 Å². The number of rotatable bonds is 17. The summed E-state index contributed by atoms with van der Waals surface area (Å²) in [6.45, 7) is 36.1. The van der Waals surface area contributed by atoms with Gasteiger partial charge in [0.15, 0.2) is 5.78 Å². The lowest BCUT2D eigenvalue weighted by Crippen LogP contribution is -2.37. The van der Waals surface area contributed by atoms with Gasteiger partial charge in [0.1, 0.15) is 5.84 Å². The van der Waals surface area contributed by atoms with Crippen molar-refractivity contribution in [1.29, 1.82) is 0 Å². The zero-order valence-electron chi connectivity index (χ0n) is 31.8. The van der Waals surface area contributed by atoms with Crippen molar-refractivity contribution in [3.63, 3.8) is 0 Å². The topological polar surface area (TPSA) is 32.7 Å². The number of allylic oxidation sites excluding steroid dienone is 6. The standard InChI is InChI=1S/C39H62N2O.C2H7P/c1-14-18-23-36(17-4)26-41(25-35(16-3)20-15-2)34(13)40-39(38-28(7)21-19-22-29(38)8)30(9)24-37(33(12)42)32(11)31(10)27(5)6;1-3-2/h19,21-22,24,35-36H,5,14-18,20,23,25-26H2,1-4,6-13H3;3H,1-2H3/b32-31-,37-24-,39-30+,40-34?;. The maximum atomic E-state index is 12.9. The molecule has 0 saturated carbocycles. The first-order valence-electron chi connectivity index (χ1n) is 17.5. The predicted octanol–water partition coefficient (Wildman–Crippen LogP) is 12.1. The van der Waals surface area contributed by atoms with E-state index in [4.69, 9.17) is 4.99 Å². The summed E-state index contributed by atoms with van der Waals surface area (Å²) in [4.78, 5) is 21.0. The minimum absolute atomic E-state index is 0.0581. The zero-order chi connectivity index (χ0) is 34.7. The number of aliphatic imine (C=N–C) groups is 1. The second kappa shape index (κ2) is 23.1. The summed E-state index contributed by atoms with van der Waals surface area (Å²) in [7, 11) is 1.08. The third-order valence-corrected chi connectivity index (χ3v) is 8.94. The van der Waals surface area contributed by atoms with Gasteiger partial charge in [-0.1, -0.05) is 90.2 Å². The maximum Gasteiger partial charge on any atom is 0.160 e. The van der Waals surface area contributed by atoms with E-state index in [0.717, 1.165) is 66.6 Å². The zero-order valence-corrected chi connectivity index (χ0v) is 32.8. The molecule has 0 amide bonds. The molecule has 0 spiro atoms. The van der Waals surface area contributed by atoms with E-state index in [2.05, 4.69) is 104 Å². The number of nitrogens with zero attached hydrogens (tertiary/aromatic N) is 2. The Balaban J connectivity index is 0.00000618. The van der Waals surface area contributed by atoms with E-state index in [-0.39, 0.29) is 5.78 Å². The van der Waals surface area contributed by atoms with Gasteiger partial charge < -0.3 is 4.90 Å². The number of hydrogen-bond donors (Lipinski definition) is 0.